The zero-order chi connectivity index (χ0) is 16.2. The molecule has 2 aromatic heterocycles. The van der Waals surface area contributed by atoms with Crippen LogP contribution in [-0.4, -0.2) is 22.7 Å². The molecule has 1 aromatic carbocycles. The molecule has 0 fully saturated rings. The van der Waals surface area contributed by atoms with E-state index in [9.17, 15) is 4.79 Å². The van der Waals surface area contributed by atoms with E-state index in [4.69, 9.17) is 16.4 Å². The van der Waals surface area contributed by atoms with Crippen LogP contribution in [0.2, 0.25) is 5.02 Å². The molecular weight excluding hydrogens is 334 g/mol. The first kappa shape index (κ1) is 15.6. The summed E-state index contributed by atoms with van der Waals surface area (Å²) < 4.78 is 1.48. The molecule has 0 radical (unpaired) electrons. The van der Waals surface area contributed by atoms with Gasteiger partial charge in [-0.1, -0.05) is 34.6 Å². The number of aromatic nitrogens is 2. The molecule has 0 atom stereocenters. The number of hydrogen-bond acceptors (Lipinski definition) is 5. The summed E-state index contributed by atoms with van der Waals surface area (Å²) in [6.45, 7) is 0. The predicted octanol–water partition coefficient (Wildman–Crippen LogP) is 3.48. The van der Waals surface area contributed by atoms with E-state index in [2.05, 4.69) is 10.1 Å². The summed E-state index contributed by atoms with van der Waals surface area (Å²) in [6.07, 6.45) is 3.05. The van der Waals surface area contributed by atoms with Crippen molar-refractivity contribution >= 4 is 35.2 Å². The molecule has 0 amide bonds. The van der Waals surface area contributed by atoms with Crippen LogP contribution in [0.15, 0.2) is 68.5 Å². The summed E-state index contributed by atoms with van der Waals surface area (Å²) in [5, 5.41) is 4.93. The van der Waals surface area contributed by atoms with Gasteiger partial charge in [-0.25, -0.2) is 4.98 Å². The highest BCUT2D eigenvalue weighted by Gasteiger charge is 2.12. The van der Waals surface area contributed by atoms with E-state index in [0.29, 0.717) is 21.3 Å². The molecule has 0 saturated carbocycles. The van der Waals surface area contributed by atoms with Crippen LogP contribution in [0.4, 0.5) is 0 Å². The second-order valence-electron chi connectivity index (χ2n) is 4.54. The Morgan fingerprint density at radius 1 is 1.26 bits per heavy atom. The lowest BCUT2D eigenvalue weighted by molar-refractivity contribution is 0.215. The number of fused-ring (bicyclic) bond motifs is 1. The first-order chi connectivity index (χ1) is 11.2. The van der Waals surface area contributed by atoms with Gasteiger partial charge in [-0.05, 0) is 36.4 Å². The van der Waals surface area contributed by atoms with Gasteiger partial charge >= 0.3 is 0 Å². The number of oxime groups is 1. The monoisotopic (exact) mass is 345 g/mol. The third-order valence-electron chi connectivity index (χ3n) is 3.05. The van der Waals surface area contributed by atoms with Gasteiger partial charge in [0.05, 0.1) is 11.8 Å². The van der Waals surface area contributed by atoms with E-state index in [1.165, 1.54) is 29.5 Å². The lowest BCUT2D eigenvalue weighted by atomic mass is 10.3. The molecule has 23 heavy (non-hydrogen) atoms. The maximum Gasteiger partial charge on any atom is 0.267 e. The Morgan fingerprint density at radius 2 is 2.04 bits per heavy atom. The normalized spacial score (nSPS) is 11.2. The average Bonchev–Trinajstić information content (AvgIpc) is 2.57. The SMILES string of the molecule is CON=Cc1c(Sc2ccc(Cl)cc2)nc2ccccn2c1=O. The molecule has 116 valence electrons. The number of hydrogen-bond donors (Lipinski definition) is 0. The highest BCUT2D eigenvalue weighted by molar-refractivity contribution is 7.99. The molecule has 0 aliphatic rings. The lowest BCUT2D eigenvalue weighted by Gasteiger charge is -2.07. The third-order valence-corrected chi connectivity index (χ3v) is 4.31. The Kier molecular flexibility index (Phi) is 4.64. The Balaban J connectivity index is 2.15. The van der Waals surface area contributed by atoms with Crippen molar-refractivity contribution < 1.29 is 4.84 Å². The second-order valence-corrected chi connectivity index (χ2v) is 6.04. The summed E-state index contributed by atoms with van der Waals surface area (Å²) in [5.41, 5.74) is 0.742. The molecule has 0 bridgehead atoms. The zero-order valence-electron chi connectivity index (χ0n) is 12.1. The maximum absolute atomic E-state index is 12.6. The van der Waals surface area contributed by atoms with Gasteiger partial charge in [0.2, 0.25) is 0 Å². The molecule has 0 unspecified atom stereocenters. The predicted molar refractivity (Wildman–Crippen MR) is 91.6 cm³/mol. The van der Waals surface area contributed by atoms with Gasteiger partial charge in [-0.3, -0.25) is 9.20 Å². The van der Waals surface area contributed by atoms with Crippen molar-refractivity contribution in [2.45, 2.75) is 9.92 Å². The molecule has 3 aromatic rings. The van der Waals surface area contributed by atoms with E-state index >= 15 is 0 Å². The van der Waals surface area contributed by atoms with Gasteiger partial charge in [-0.15, -0.1) is 0 Å². The zero-order valence-corrected chi connectivity index (χ0v) is 13.7. The molecule has 2 heterocycles. The van der Waals surface area contributed by atoms with Crippen LogP contribution in [0.1, 0.15) is 5.56 Å². The molecule has 0 spiro atoms. The number of benzene rings is 1. The quantitative estimate of drug-likeness (QED) is 0.412. The van der Waals surface area contributed by atoms with E-state index in [-0.39, 0.29) is 5.56 Å². The van der Waals surface area contributed by atoms with Crippen LogP contribution in [0.25, 0.3) is 5.65 Å². The molecule has 5 nitrogen and oxygen atoms in total. The molecule has 0 aliphatic heterocycles. The lowest BCUT2D eigenvalue weighted by Crippen LogP contribution is -2.20. The second kappa shape index (κ2) is 6.85. The minimum Gasteiger partial charge on any atom is -0.399 e. The van der Waals surface area contributed by atoms with Crippen molar-refractivity contribution in [1.29, 1.82) is 0 Å². The summed E-state index contributed by atoms with van der Waals surface area (Å²) >= 11 is 7.27. The highest BCUT2D eigenvalue weighted by atomic mass is 35.5. The summed E-state index contributed by atoms with van der Waals surface area (Å²) in [5.74, 6) is 0. The minimum absolute atomic E-state index is 0.201. The Labute approximate surface area is 141 Å². The van der Waals surface area contributed by atoms with Crippen LogP contribution >= 0.6 is 23.4 Å². The smallest absolute Gasteiger partial charge is 0.267 e. The summed E-state index contributed by atoms with van der Waals surface area (Å²) in [7, 11) is 1.43. The van der Waals surface area contributed by atoms with E-state index in [1.807, 2.05) is 18.2 Å². The van der Waals surface area contributed by atoms with Crippen molar-refractivity contribution in [1.82, 2.24) is 9.38 Å². The first-order valence-corrected chi connectivity index (χ1v) is 7.90. The fraction of sp³-hybridized carbons (Fsp3) is 0.0625. The Hall–Kier alpha value is -2.31. The van der Waals surface area contributed by atoms with Crippen LogP contribution < -0.4 is 5.56 Å². The van der Waals surface area contributed by atoms with Gasteiger partial charge in [-0.2, -0.15) is 0 Å². The standard InChI is InChI=1S/C16H12ClN3O2S/c1-22-18-10-13-15(23-12-7-5-11(17)6-8-12)19-14-4-2-3-9-20(14)16(13)21/h2-10H,1H3. The van der Waals surface area contributed by atoms with Gasteiger partial charge in [0.25, 0.3) is 5.56 Å². The van der Waals surface area contributed by atoms with Crippen molar-refractivity contribution in [2.75, 3.05) is 7.11 Å². The molecule has 3 rings (SSSR count). The summed E-state index contributed by atoms with van der Waals surface area (Å²) in [4.78, 5) is 22.8. The maximum atomic E-state index is 12.6. The first-order valence-electron chi connectivity index (χ1n) is 6.70. The number of nitrogens with zero attached hydrogens (tertiary/aromatic N) is 3. The number of rotatable bonds is 4. The minimum atomic E-state index is -0.201. The van der Waals surface area contributed by atoms with Crippen molar-refractivity contribution in [3.8, 4) is 0 Å². The Bertz CT molecular complexity index is 923. The topological polar surface area (TPSA) is 56.0 Å². The van der Waals surface area contributed by atoms with Crippen molar-refractivity contribution in [3.63, 3.8) is 0 Å². The van der Waals surface area contributed by atoms with Crippen LogP contribution in [-0.2, 0) is 4.84 Å². The fourth-order valence-electron chi connectivity index (χ4n) is 1.99. The van der Waals surface area contributed by atoms with E-state index < -0.39 is 0 Å². The van der Waals surface area contributed by atoms with Gasteiger partial charge in [0.15, 0.2) is 0 Å². The van der Waals surface area contributed by atoms with Gasteiger partial charge < -0.3 is 4.84 Å². The Morgan fingerprint density at radius 3 is 2.78 bits per heavy atom. The number of pyridine rings is 1. The van der Waals surface area contributed by atoms with Gasteiger partial charge in [0, 0.05) is 16.1 Å². The van der Waals surface area contributed by atoms with Crippen LogP contribution in [0.3, 0.4) is 0 Å². The summed E-state index contributed by atoms with van der Waals surface area (Å²) in [6, 6.07) is 12.7. The van der Waals surface area contributed by atoms with Crippen molar-refractivity contribution in [2.24, 2.45) is 5.16 Å². The number of halogens is 1. The van der Waals surface area contributed by atoms with E-state index in [0.717, 1.165) is 4.90 Å². The largest absolute Gasteiger partial charge is 0.399 e. The fourth-order valence-corrected chi connectivity index (χ4v) is 3.00. The van der Waals surface area contributed by atoms with Crippen LogP contribution in [0, 0.1) is 0 Å². The van der Waals surface area contributed by atoms with Crippen molar-refractivity contribution in [3.05, 3.63) is 69.6 Å². The average molecular weight is 346 g/mol. The van der Waals surface area contributed by atoms with Crippen LogP contribution in [0.5, 0.6) is 0 Å². The molecule has 0 aliphatic carbocycles. The van der Waals surface area contributed by atoms with Gasteiger partial charge in [0.1, 0.15) is 17.8 Å². The van der Waals surface area contributed by atoms with E-state index in [1.54, 1.807) is 30.5 Å². The molecule has 7 heteroatoms. The third kappa shape index (κ3) is 3.38. The molecule has 0 N–H and O–H groups in total. The molecular formula is C16H12ClN3O2S. The highest BCUT2D eigenvalue weighted by Crippen LogP contribution is 2.28. The molecule has 0 saturated heterocycles.